The molecule has 24 heavy (non-hydrogen) atoms. The third-order valence-corrected chi connectivity index (χ3v) is 4.60. The Hall–Kier alpha value is -2.80. The molecule has 0 fully saturated rings. The summed E-state index contributed by atoms with van der Waals surface area (Å²) in [4.78, 5) is 0.692. The SMILES string of the molecule is COc1ccc(Cc2nnc3sc(-c4cccc(F)c4)nn23)cc1. The number of nitrogens with zero attached hydrogens (tertiary/aromatic N) is 4. The number of aromatic nitrogens is 4. The van der Waals surface area contributed by atoms with E-state index in [0.717, 1.165) is 27.7 Å². The fourth-order valence-corrected chi connectivity index (χ4v) is 3.29. The number of hydrogen-bond donors (Lipinski definition) is 0. The van der Waals surface area contributed by atoms with Gasteiger partial charge >= 0.3 is 0 Å². The van der Waals surface area contributed by atoms with Gasteiger partial charge in [0, 0.05) is 12.0 Å². The second-order valence-corrected chi connectivity index (χ2v) is 6.21. The molecule has 5 nitrogen and oxygen atoms in total. The first kappa shape index (κ1) is 14.8. The van der Waals surface area contributed by atoms with Gasteiger partial charge in [-0.15, -0.1) is 10.2 Å². The number of fused-ring (bicyclic) bond motifs is 1. The zero-order chi connectivity index (χ0) is 16.5. The lowest BCUT2D eigenvalue weighted by atomic mass is 10.1. The van der Waals surface area contributed by atoms with Gasteiger partial charge in [0.2, 0.25) is 4.96 Å². The summed E-state index contributed by atoms with van der Waals surface area (Å²) >= 11 is 1.39. The Bertz CT molecular complexity index is 993. The van der Waals surface area contributed by atoms with E-state index >= 15 is 0 Å². The zero-order valence-corrected chi connectivity index (χ0v) is 13.6. The van der Waals surface area contributed by atoms with E-state index < -0.39 is 0 Å². The Morgan fingerprint density at radius 2 is 1.96 bits per heavy atom. The highest BCUT2D eigenvalue weighted by Gasteiger charge is 2.13. The molecular formula is C17H13FN4OS. The topological polar surface area (TPSA) is 52.3 Å². The molecule has 0 aliphatic rings. The van der Waals surface area contributed by atoms with Crippen LogP contribution in [0.4, 0.5) is 4.39 Å². The molecule has 0 saturated carbocycles. The van der Waals surface area contributed by atoms with Gasteiger partial charge in [0.05, 0.1) is 7.11 Å². The second-order valence-electron chi connectivity index (χ2n) is 5.25. The minimum absolute atomic E-state index is 0.281. The van der Waals surface area contributed by atoms with Gasteiger partial charge in [-0.05, 0) is 29.8 Å². The molecule has 0 saturated heterocycles. The third-order valence-electron chi connectivity index (χ3n) is 3.65. The van der Waals surface area contributed by atoms with Crippen molar-refractivity contribution in [2.45, 2.75) is 6.42 Å². The van der Waals surface area contributed by atoms with E-state index in [2.05, 4.69) is 15.3 Å². The van der Waals surface area contributed by atoms with Crippen LogP contribution in [0.2, 0.25) is 0 Å². The molecule has 0 N–H and O–H groups in total. The van der Waals surface area contributed by atoms with Crippen LogP contribution in [0, 0.1) is 5.82 Å². The van der Waals surface area contributed by atoms with Crippen LogP contribution in [0.25, 0.3) is 15.5 Å². The van der Waals surface area contributed by atoms with Crippen molar-refractivity contribution in [1.82, 2.24) is 19.8 Å². The number of hydrogen-bond acceptors (Lipinski definition) is 5. The largest absolute Gasteiger partial charge is 0.497 e. The summed E-state index contributed by atoms with van der Waals surface area (Å²) < 4.78 is 20.3. The molecule has 0 unspecified atom stereocenters. The maximum atomic E-state index is 13.4. The van der Waals surface area contributed by atoms with Crippen LogP contribution >= 0.6 is 11.3 Å². The Morgan fingerprint density at radius 3 is 2.71 bits per heavy atom. The van der Waals surface area contributed by atoms with Crippen LogP contribution in [-0.2, 0) is 6.42 Å². The first-order chi connectivity index (χ1) is 11.7. The van der Waals surface area contributed by atoms with Gasteiger partial charge in [-0.2, -0.15) is 9.61 Å². The lowest BCUT2D eigenvalue weighted by Crippen LogP contribution is -1.98. The number of halogens is 1. The number of benzene rings is 2. The van der Waals surface area contributed by atoms with Crippen molar-refractivity contribution in [2.75, 3.05) is 7.11 Å². The lowest BCUT2D eigenvalue weighted by molar-refractivity contribution is 0.414. The quantitative estimate of drug-likeness (QED) is 0.570. The Labute approximate surface area is 141 Å². The van der Waals surface area contributed by atoms with Crippen molar-refractivity contribution in [3.8, 4) is 16.3 Å². The normalized spacial score (nSPS) is 11.1. The van der Waals surface area contributed by atoms with E-state index in [-0.39, 0.29) is 5.82 Å². The predicted molar refractivity (Wildman–Crippen MR) is 89.9 cm³/mol. The molecule has 2 aromatic heterocycles. The Kier molecular flexibility index (Phi) is 3.70. The zero-order valence-electron chi connectivity index (χ0n) is 12.8. The van der Waals surface area contributed by atoms with E-state index in [1.165, 1.54) is 23.5 Å². The maximum absolute atomic E-state index is 13.4. The molecule has 2 aromatic carbocycles. The Morgan fingerprint density at radius 1 is 1.12 bits per heavy atom. The molecule has 120 valence electrons. The molecule has 0 amide bonds. The van der Waals surface area contributed by atoms with E-state index in [1.807, 2.05) is 30.3 Å². The average Bonchev–Trinajstić information content (AvgIpc) is 3.18. The molecule has 0 bridgehead atoms. The molecule has 0 radical (unpaired) electrons. The molecular weight excluding hydrogens is 327 g/mol. The summed E-state index contributed by atoms with van der Waals surface area (Å²) in [5, 5.41) is 13.6. The van der Waals surface area contributed by atoms with Crippen LogP contribution in [0.1, 0.15) is 11.4 Å². The smallest absolute Gasteiger partial charge is 0.234 e. The molecule has 0 aliphatic heterocycles. The van der Waals surface area contributed by atoms with Gasteiger partial charge in [0.15, 0.2) is 5.82 Å². The molecule has 0 atom stereocenters. The van der Waals surface area contributed by atoms with Crippen molar-refractivity contribution in [2.24, 2.45) is 0 Å². The van der Waals surface area contributed by atoms with Gasteiger partial charge in [-0.1, -0.05) is 35.6 Å². The summed E-state index contributed by atoms with van der Waals surface area (Å²) in [5.41, 5.74) is 1.83. The monoisotopic (exact) mass is 340 g/mol. The summed E-state index contributed by atoms with van der Waals surface area (Å²) in [6.07, 6.45) is 0.609. The predicted octanol–water partition coefficient (Wildman–Crippen LogP) is 3.59. The van der Waals surface area contributed by atoms with Crippen molar-refractivity contribution < 1.29 is 9.13 Å². The number of methoxy groups -OCH3 is 1. The minimum atomic E-state index is -0.281. The van der Waals surface area contributed by atoms with Crippen LogP contribution in [-0.4, -0.2) is 26.9 Å². The summed E-state index contributed by atoms with van der Waals surface area (Å²) in [5.74, 6) is 1.28. The van der Waals surface area contributed by atoms with E-state index in [9.17, 15) is 4.39 Å². The first-order valence-electron chi connectivity index (χ1n) is 7.33. The van der Waals surface area contributed by atoms with Crippen molar-refractivity contribution in [3.63, 3.8) is 0 Å². The number of rotatable bonds is 4. The third kappa shape index (κ3) is 2.74. The standard InChI is InChI=1S/C17H13FN4OS/c1-23-14-7-5-11(6-8-14)9-15-19-20-17-22(15)21-16(24-17)12-3-2-4-13(18)10-12/h2-8,10H,9H2,1H3. The van der Waals surface area contributed by atoms with E-state index in [1.54, 1.807) is 17.7 Å². The summed E-state index contributed by atoms with van der Waals surface area (Å²) in [6, 6.07) is 14.2. The number of ether oxygens (including phenoxy) is 1. The van der Waals surface area contributed by atoms with Gasteiger partial charge in [-0.25, -0.2) is 4.39 Å². The molecule has 7 heteroatoms. The highest BCUT2D eigenvalue weighted by Crippen LogP contribution is 2.26. The minimum Gasteiger partial charge on any atom is -0.497 e. The fourth-order valence-electron chi connectivity index (χ4n) is 2.43. The lowest BCUT2D eigenvalue weighted by Gasteiger charge is -2.01. The van der Waals surface area contributed by atoms with E-state index in [4.69, 9.17) is 4.74 Å². The fraction of sp³-hybridized carbons (Fsp3) is 0.118. The van der Waals surface area contributed by atoms with Gasteiger partial charge < -0.3 is 4.74 Å². The second kappa shape index (κ2) is 6.01. The molecule has 2 heterocycles. The van der Waals surface area contributed by atoms with Crippen LogP contribution < -0.4 is 4.74 Å². The van der Waals surface area contributed by atoms with Crippen molar-refractivity contribution in [1.29, 1.82) is 0 Å². The molecule has 4 rings (SSSR count). The van der Waals surface area contributed by atoms with Crippen LogP contribution in [0.15, 0.2) is 48.5 Å². The molecule has 4 aromatic rings. The van der Waals surface area contributed by atoms with E-state index in [0.29, 0.717) is 11.4 Å². The first-order valence-corrected chi connectivity index (χ1v) is 8.14. The van der Waals surface area contributed by atoms with Crippen LogP contribution in [0.3, 0.4) is 0 Å². The Balaban J connectivity index is 1.66. The van der Waals surface area contributed by atoms with Crippen molar-refractivity contribution in [3.05, 3.63) is 65.7 Å². The summed E-state index contributed by atoms with van der Waals surface area (Å²) in [6.45, 7) is 0. The summed E-state index contributed by atoms with van der Waals surface area (Å²) in [7, 11) is 1.64. The highest BCUT2D eigenvalue weighted by atomic mass is 32.1. The highest BCUT2D eigenvalue weighted by molar-refractivity contribution is 7.19. The van der Waals surface area contributed by atoms with Crippen molar-refractivity contribution >= 4 is 16.3 Å². The maximum Gasteiger partial charge on any atom is 0.234 e. The average molecular weight is 340 g/mol. The van der Waals surface area contributed by atoms with Gasteiger partial charge in [0.25, 0.3) is 0 Å². The van der Waals surface area contributed by atoms with Crippen LogP contribution in [0.5, 0.6) is 5.75 Å². The van der Waals surface area contributed by atoms with Gasteiger partial charge in [0.1, 0.15) is 16.6 Å². The van der Waals surface area contributed by atoms with Gasteiger partial charge in [-0.3, -0.25) is 0 Å². The molecule has 0 spiro atoms. The molecule has 0 aliphatic carbocycles.